The van der Waals surface area contributed by atoms with Crippen LogP contribution in [0.25, 0.3) is 0 Å². The van der Waals surface area contributed by atoms with Gasteiger partial charge in [0.2, 0.25) is 0 Å². The number of thiazole rings is 1. The molecule has 0 atom stereocenters. The Morgan fingerprint density at radius 1 is 1.44 bits per heavy atom. The van der Waals surface area contributed by atoms with Gasteiger partial charge in [-0.3, -0.25) is 4.98 Å². The first-order chi connectivity index (χ1) is 8.74. The van der Waals surface area contributed by atoms with E-state index >= 15 is 0 Å². The van der Waals surface area contributed by atoms with Crippen molar-refractivity contribution in [2.45, 2.75) is 11.9 Å². The lowest BCUT2D eigenvalue weighted by atomic mass is 10.2. The summed E-state index contributed by atoms with van der Waals surface area (Å²) in [6, 6.07) is 3.77. The van der Waals surface area contributed by atoms with Crippen molar-refractivity contribution in [3.8, 4) is 11.5 Å². The van der Waals surface area contributed by atoms with Crippen LogP contribution < -0.4 is 9.47 Å². The fraction of sp³-hybridized carbons (Fsp3) is 0.250. The van der Waals surface area contributed by atoms with E-state index in [1.165, 1.54) is 0 Å². The summed E-state index contributed by atoms with van der Waals surface area (Å²) < 4.78 is 11.0. The number of halogens is 2. The number of hydrogen-bond donors (Lipinski definition) is 0. The molecule has 0 N–H and O–H groups in total. The molecule has 0 saturated carbocycles. The van der Waals surface area contributed by atoms with Gasteiger partial charge in [-0.25, -0.2) is 0 Å². The summed E-state index contributed by atoms with van der Waals surface area (Å²) in [5.74, 6) is 1.21. The summed E-state index contributed by atoms with van der Waals surface area (Å²) in [7, 11) is 1.60. The third-order valence-corrected chi connectivity index (χ3v) is 3.97. The van der Waals surface area contributed by atoms with E-state index < -0.39 is 0 Å². The number of alkyl halides is 1. The highest BCUT2D eigenvalue weighted by Crippen LogP contribution is 2.37. The SMILES string of the molecule is COc1cc(CBr)cc(Cl)c1OCc1cncs1. The second-order valence-electron chi connectivity index (χ2n) is 3.50. The predicted molar refractivity (Wildman–Crippen MR) is 77.1 cm³/mol. The summed E-state index contributed by atoms with van der Waals surface area (Å²) in [5, 5.41) is 1.27. The Kier molecular flexibility index (Phi) is 4.86. The van der Waals surface area contributed by atoms with Gasteiger partial charge in [-0.15, -0.1) is 11.3 Å². The molecule has 1 aromatic heterocycles. The van der Waals surface area contributed by atoms with E-state index in [4.69, 9.17) is 21.1 Å². The van der Waals surface area contributed by atoms with Crippen LogP contribution in [0.15, 0.2) is 23.8 Å². The molecule has 0 spiro atoms. The molecular formula is C12H11BrClNO2S. The lowest BCUT2D eigenvalue weighted by molar-refractivity contribution is 0.287. The topological polar surface area (TPSA) is 31.4 Å². The van der Waals surface area contributed by atoms with Gasteiger partial charge in [0.1, 0.15) is 6.61 Å². The highest BCUT2D eigenvalue weighted by molar-refractivity contribution is 9.08. The summed E-state index contributed by atoms with van der Waals surface area (Å²) in [6.45, 7) is 0.439. The second kappa shape index (κ2) is 6.41. The fourth-order valence-electron chi connectivity index (χ4n) is 1.45. The van der Waals surface area contributed by atoms with Crippen LogP contribution in [0, 0.1) is 0 Å². The van der Waals surface area contributed by atoms with Crippen LogP contribution in [0.5, 0.6) is 11.5 Å². The van der Waals surface area contributed by atoms with Crippen LogP contribution in [0.3, 0.4) is 0 Å². The van der Waals surface area contributed by atoms with Crippen LogP contribution in [-0.4, -0.2) is 12.1 Å². The minimum Gasteiger partial charge on any atom is -0.493 e. The van der Waals surface area contributed by atoms with Gasteiger partial charge in [0, 0.05) is 11.5 Å². The molecule has 0 unspecified atom stereocenters. The number of ether oxygens (including phenoxy) is 2. The molecule has 18 heavy (non-hydrogen) atoms. The Morgan fingerprint density at radius 3 is 2.89 bits per heavy atom. The molecule has 0 aliphatic carbocycles. The van der Waals surface area contributed by atoms with E-state index in [0.29, 0.717) is 23.1 Å². The van der Waals surface area contributed by atoms with Crippen molar-refractivity contribution in [2.75, 3.05) is 7.11 Å². The zero-order valence-corrected chi connectivity index (χ0v) is 12.8. The predicted octanol–water partition coefficient (Wildman–Crippen LogP) is 4.28. The number of hydrogen-bond acceptors (Lipinski definition) is 4. The Hall–Kier alpha value is -0.780. The van der Waals surface area contributed by atoms with Crippen molar-refractivity contribution in [1.29, 1.82) is 0 Å². The van der Waals surface area contributed by atoms with Gasteiger partial charge in [-0.05, 0) is 17.7 Å². The van der Waals surface area contributed by atoms with E-state index in [1.807, 2.05) is 12.1 Å². The van der Waals surface area contributed by atoms with Gasteiger partial charge in [-0.2, -0.15) is 0 Å². The quantitative estimate of drug-likeness (QED) is 0.756. The first kappa shape index (κ1) is 13.6. The minimum absolute atomic E-state index is 0.439. The van der Waals surface area contributed by atoms with Gasteiger partial charge < -0.3 is 9.47 Å². The molecule has 0 radical (unpaired) electrons. The molecule has 0 aliphatic rings. The maximum atomic E-state index is 6.19. The highest BCUT2D eigenvalue weighted by atomic mass is 79.9. The average molecular weight is 349 g/mol. The van der Waals surface area contributed by atoms with Crippen molar-refractivity contribution < 1.29 is 9.47 Å². The molecule has 2 aromatic rings. The third-order valence-electron chi connectivity index (χ3n) is 2.29. The van der Waals surface area contributed by atoms with E-state index in [0.717, 1.165) is 15.8 Å². The first-order valence-corrected chi connectivity index (χ1v) is 7.55. The van der Waals surface area contributed by atoms with Crippen LogP contribution >= 0.6 is 38.9 Å². The molecule has 6 heteroatoms. The molecule has 1 heterocycles. The van der Waals surface area contributed by atoms with E-state index in [2.05, 4.69) is 20.9 Å². The van der Waals surface area contributed by atoms with E-state index in [9.17, 15) is 0 Å². The van der Waals surface area contributed by atoms with Gasteiger partial charge >= 0.3 is 0 Å². The van der Waals surface area contributed by atoms with Crippen molar-refractivity contribution in [2.24, 2.45) is 0 Å². The number of aromatic nitrogens is 1. The first-order valence-electron chi connectivity index (χ1n) is 5.17. The molecule has 1 aromatic carbocycles. The Morgan fingerprint density at radius 2 is 2.28 bits per heavy atom. The molecule has 3 nitrogen and oxygen atoms in total. The van der Waals surface area contributed by atoms with E-state index in [-0.39, 0.29) is 0 Å². The maximum absolute atomic E-state index is 6.19. The van der Waals surface area contributed by atoms with Crippen molar-refractivity contribution in [3.63, 3.8) is 0 Å². The summed E-state index contributed by atoms with van der Waals surface area (Å²) >= 11 is 11.1. The number of rotatable bonds is 5. The van der Waals surface area contributed by atoms with Crippen LogP contribution in [-0.2, 0) is 11.9 Å². The summed E-state index contributed by atoms with van der Waals surface area (Å²) in [5.41, 5.74) is 2.81. The normalized spacial score (nSPS) is 10.4. The van der Waals surface area contributed by atoms with Gasteiger partial charge in [0.25, 0.3) is 0 Å². The summed E-state index contributed by atoms with van der Waals surface area (Å²) in [6.07, 6.45) is 1.78. The Labute approximate surface area is 123 Å². The molecule has 0 saturated heterocycles. The maximum Gasteiger partial charge on any atom is 0.180 e. The van der Waals surface area contributed by atoms with Crippen LogP contribution in [0.1, 0.15) is 10.4 Å². The largest absolute Gasteiger partial charge is 0.493 e. The fourth-order valence-corrected chi connectivity index (χ4v) is 2.56. The van der Waals surface area contributed by atoms with Gasteiger partial charge in [0.05, 0.1) is 22.5 Å². The number of benzene rings is 1. The second-order valence-corrected chi connectivity index (χ2v) is 5.44. The van der Waals surface area contributed by atoms with Gasteiger partial charge in [-0.1, -0.05) is 27.5 Å². The Bertz CT molecular complexity index is 519. The zero-order chi connectivity index (χ0) is 13.0. The molecule has 0 amide bonds. The lowest BCUT2D eigenvalue weighted by Crippen LogP contribution is -1.98. The highest BCUT2D eigenvalue weighted by Gasteiger charge is 2.12. The van der Waals surface area contributed by atoms with Crippen LogP contribution in [0.4, 0.5) is 0 Å². The number of methoxy groups -OCH3 is 1. The molecule has 96 valence electrons. The third kappa shape index (κ3) is 3.16. The molecule has 2 rings (SSSR count). The smallest absolute Gasteiger partial charge is 0.180 e. The average Bonchev–Trinajstić information content (AvgIpc) is 2.89. The monoisotopic (exact) mass is 347 g/mol. The van der Waals surface area contributed by atoms with Crippen molar-refractivity contribution in [1.82, 2.24) is 4.98 Å². The van der Waals surface area contributed by atoms with Crippen molar-refractivity contribution in [3.05, 3.63) is 39.3 Å². The summed E-state index contributed by atoms with van der Waals surface area (Å²) in [4.78, 5) is 5.03. The molecule has 0 bridgehead atoms. The zero-order valence-electron chi connectivity index (χ0n) is 9.65. The number of nitrogens with zero attached hydrogens (tertiary/aromatic N) is 1. The van der Waals surface area contributed by atoms with Gasteiger partial charge in [0.15, 0.2) is 11.5 Å². The lowest BCUT2D eigenvalue weighted by Gasteiger charge is -2.12. The molecule has 0 fully saturated rings. The van der Waals surface area contributed by atoms with Crippen molar-refractivity contribution >= 4 is 38.9 Å². The Balaban J connectivity index is 2.20. The standard InChI is InChI=1S/C12H11BrClNO2S/c1-16-11-3-8(4-13)2-10(14)12(11)17-6-9-5-15-7-18-9/h2-3,5,7H,4,6H2,1H3. The van der Waals surface area contributed by atoms with Crippen LogP contribution in [0.2, 0.25) is 5.02 Å². The van der Waals surface area contributed by atoms with E-state index in [1.54, 1.807) is 30.2 Å². The molecular weight excluding hydrogens is 338 g/mol. The molecule has 0 aliphatic heterocycles. The minimum atomic E-state index is 0.439.